The van der Waals surface area contributed by atoms with E-state index in [1.165, 1.54) is 70.6 Å². The van der Waals surface area contributed by atoms with E-state index in [1.54, 1.807) is 0 Å². The lowest BCUT2D eigenvalue weighted by Gasteiger charge is -2.11. The van der Waals surface area contributed by atoms with E-state index in [4.69, 9.17) is 5.73 Å². The zero-order chi connectivity index (χ0) is 19.3. The Morgan fingerprint density at radius 3 is 1.77 bits per heavy atom. The minimum absolute atomic E-state index is 0.0193. The smallest absolute Gasteiger partial charge is 0.222 e. The molecule has 0 aromatic carbocycles. The van der Waals surface area contributed by atoms with Crippen LogP contribution in [0, 0.1) is 0 Å². The van der Waals surface area contributed by atoms with Crippen LogP contribution in [-0.4, -0.2) is 24.8 Å². The number of nitrogens with two attached hydrogens (primary N) is 1. The molecular weight excluding hydrogens is 324 g/mol. The third-order valence-corrected chi connectivity index (χ3v) is 4.93. The SMILES string of the molecule is CCCCCCCCCCCCCCCC(=O)N[C@H]([C]=O)CCCCN. The Morgan fingerprint density at radius 2 is 1.31 bits per heavy atom. The topological polar surface area (TPSA) is 72.2 Å². The molecule has 0 rings (SSSR count). The van der Waals surface area contributed by atoms with E-state index >= 15 is 0 Å². The number of hydrogen-bond acceptors (Lipinski definition) is 3. The maximum atomic E-state index is 11.8. The van der Waals surface area contributed by atoms with Gasteiger partial charge in [0.25, 0.3) is 0 Å². The number of nitrogens with one attached hydrogen (secondary N) is 1. The van der Waals surface area contributed by atoms with E-state index in [9.17, 15) is 9.59 Å². The van der Waals surface area contributed by atoms with Gasteiger partial charge in [-0.1, -0.05) is 84.0 Å². The Morgan fingerprint density at radius 1 is 0.808 bits per heavy atom. The molecule has 0 saturated carbocycles. The van der Waals surface area contributed by atoms with Gasteiger partial charge >= 0.3 is 0 Å². The van der Waals surface area contributed by atoms with E-state index < -0.39 is 6.04 Å². The number of rotatable bonds is 20. The molecule has 0 saturated heterocycles. The fourth-order valence-electron chi connectivity index (χ4n) is 3.22. The molecule has 0 aromatic heterocycles. The molecule has 0 aliphatic carbocycles. The van der Waals surface area contributed by atoms with Crippen molar-refractivity contribution in [2.75, 3.05) is 6.54 Å². The summed E-state index contributed by atoms with van der Waals surface area (Å²) in [5.74, 6) is -0.0193. The van der Waals surface area contributed by atoms with Crippen LogP contribution in [0.1, 0.15) is 116 Å². The van der Waals surface area contributed by atoms with Gasteiger partial charge < -0.3 is 11.1 Å². The molecule has 0 spiro atoms. The average molecular weight is 368 g/mol. The molecule has 3 N–H and O–H groups in total. The summed E-state index contributed by atoms with van der Waals surface area (Å²) in [6.45, 7) is 2.89. The van der Waals surface area contributed by atoms with Gasteiger partial charge in [0.2, 0.25) is 12.2 Å². The van der Waals surface area contributed by atoms with Crippen molar-refractivity contribution >= 4 is 12.2 Å². The van der Waals surface area contributed by atoms with Crippen molar-refractivity contribution in [1.82, 2.24) is 5.32 Å². The molecule has 4 nitrogen and oxygen atoms in total. The zero-order valence-electron chi connectivity index (χ0n) is 17.2. The minimum atomic E-state index is -0.462. The maximum Gasteiger partial charge on any atom is 0.222 e. The van der Waals surface area contributed by atoms with Gasteiger partial charge in [-0.3, -0.25) is 9.59 Å². The molecular formula is C22H43N2O2. The van der Waals surface area contributed by atoms with Gasteiger partial charge in [0.15, 0.2) is 0 Å². The van der Waals surface area contributed by atoms with E-state index in [2.05, 4.69) is 12.2 Å². The van der Waals surface area contributed by atoms with Gasteiger partial charge in [0.1, 0.15) is 0 Å². The van der Waals surface area contributed by atoms with Crippen molar-refractivity contribution in [3.63, 3.8) is 0 Å². The van der Waals surface area contributed by atoms with Crippen LogP contribution >= 0.6 is 0 Å². The normalized spacial score (nSPS) is 12.1. The highest BCUT2D eigenvalue weighted by Gasteiger charge is 2.11. The van der Waals surface area contributed by atoms with Gasteiger partial charge in [-0.2, -0.15) is 0 Å². The molecule has 0 unspecified atom stereocenters. The number of hydrogen-bond donors (Lipinski definition) is 2. The van der Waals surface area contributed by atoms with Gasteiger partial charge in [-0.15, -0.1) is 0 Å². The van der Waals surface area contributed by atoms with Crippen LogP contribution in [-0.2, 0) is 9.59 Å². The standard InChI is InChI=1S/C22H43N2O2/c1-2-3-4-5-6-7-8-9-10-11-12-13-14-18-22(26)24-21(20-25)17-15-16-19-23/h21H,2-19,23H2,1H3,(H,24,26)/t21-/m0/s1. The van der Waals surface area contributed by atoms with Crippen LogP contribution in [0.5, 0.6) is 0 Å². The summed E-state index contributed by atoms with van der Waals surface area (Å²) < 4.78 is 0. The van der Waals surface area contributed by atoms with Crippen LogP contribution in [0.15, 0.2) is 0 Å². The molecule has 0 aromatic rings. The van der Waals surface area contributed by atoms with Crippen molar-refractivity contribution in [2.45, 2.75) is 122 Å². The third-order valence-electron chi connectivity index (χ3n) is 4.93. The van der Waals surface area contributed by atoms with Crippen molar-refractivity contribution < 1.29 is 9.59 Å². The molecule has 0 fully saturated rings. The molecule has 153 valence electrons. The highest BCUT2D eigenvalue weighted by Crippen LogP contribution is 2.13. The van der Waals surface area contributed by atoms with Crippen molar-refractivity contribution in [3.8, 4) is 0 Å². The Kier molecular flexibility index (Phi) is 19.7. The fraction of sp³-hybridized carbons (Fsp3) is 0.909. The van der Waals surface area contributed by atoms with Crippen molar-refractivity contribution in [2.24, 2.45) is 5.73 Å². The van der Waals surface area contributed by atoms with Gasteiger partial charge in [-0.25, -0.2) is 0 Å². The first-order chi connectivity index (χ1) is 12.7. The molecule has 0 heterocycles. The van der Waals surface area contributed by atoms with Crippen LogP contribution in [0.25, 0.3) is 0 Å². The number of unbranched alkanes of at least 4 members (excludes halogenated alkanes) is 13. The monoisotopic (exact) mass is 367 g/mol. The van der Waals surface area contributed by atoms with Crippen LogP contribution in [0.3, 0.4) is 0 Å². The summed E-state index contributed by atoms with van der Waals surface area (Å²) in [5, 5.41) is 2.77. The summed E-state index contributed by atoms with van der Waals surface area (Å²) in [4.78, 5) is 22.7. The summed E-state index contributed by atoms with van der Waals surface area (Å²) in [6.07, 6.45) is 21.7. The van der Waals surface area contributed by atoms with E-state index in [0.717, 1.165) is 25.7 Å². The minimum Gasteiger partial charge on any atom is -0.346 e. The lowest BCUT2D eigenvalue weighted by Crippen LogP contribution is -2.35. The summed E-state index contributed by atoms with van der Waals surface area (Å²) in [5.41, 5.74) is 5.43. The van der Waals surface area contributed by atoms with Crippen molar-refractivity contribution in [1.29, 1.82) is 0 Å². The van der Waals surface area contributed by atoms with Crippen LogP contribution in [0.4, 0.5) is 0 Å². The first-order valence-electron chi connectivity index (χ1n) is 11.1. The quantitative estimate of drug-likeness (QED) is 0.291. The fourth-order valence-corrected chi connectivity index (χ4v) is 3.22. The molecule has 1 amide bonds. The summed E-state index contributed by atoms with van der Waals surface area (Å²) >= 11 is 0. The van der Waals surface area contributed by atoms with Crippen LogP contribution < -0.4 is 11.1 Å². The summed E-state index contributed by atoms with van der Waals surface area (Å²) in [7, 11) is 0. The molecule has 1 atom stereocenters. The van der Waals surface area contributed by atoms with Gasteiger partial charge in [-0.05, 0) is 32.2 Å². The van der Waals surface area contributed by atoms with Crippen LogP contribution in [0.2, 0.25) is 0 Å². The number of carbonyl (C=O) groups excluding carboxylic acids is 2. The number of carbonyl (C=O) groups is 1. The van der Waals surface area contributed by atoms with E-state index in [0.29, 0.717) is 19.4 Å². The highest BCUT2D eigenvalue weighted by molar-refractivity contribution is 5.79. The third kappa shape index (κ3) is 17.9. The first-order valence-corrected chi connectivity index (χ1v) is 11.1. The lowest BCUT2D eigenvalue weighted by atomic mass is 10.0. The predicted molar refractivity (Wildman–Crippen MR) is 111 cm³/mol. The van der Waals surface area contributed by atoms with E-state index in [1.807, 2.05) is 6.29 Å². The predicted octanol–water partition coefficient (Wildman–Crippen LogP) is 5.19. The molecule has 1 radical (unpaired) electrons. The van der Waals surface area contributed by atoms with E-state index in [-0.39, 0.29) is 5.91 Å². The van der Waals surface area contributed by atoms with Gasteiger partial charge in [0.05, 0.1) is 6.04 Å². The molecule has 0 bridgehead atoms. The molecule has 0 aliphatic rings. The largest absolute Gasteiger partial charge is 0.346 e. The lowest BCUT2D eigenvalue weighted by molar-refractivity contribution is -0.121. The number of amides is 1. The molecule has 4 heteroatoms. The molecule has 0 aliphatic heterocycles. The Hall–Kier alpha value is -0.900. The second-order valence-corrected chi connectivity index (χ2v) is 7.52. The maximum absolute atomic E-state index is 11.8. The Balaban J connectivity index is 3.35. The average Bonchev–Trinajstić information content (AvgIpc) is 2.64. The zero-order valence-corrected chi connectivity index (χ0v) is 17.2. The van der Waals surface area contributed by atoms with Gasteiger partial charge in [0, 0.05) is 6.42 Å². The second-order valence-electron chi connectivity index (χ2n) is 7.52. The molecule has 26 heavy (non-hydrogen) atoms. The Labute approximate surface area is 162 Å². The highest BCUT2D eigenvalue weighted by atomic mass is 16.2. The summed E-state index contributed by atoms with van der Waals surface area (Å²) in [6, 6.07) is -0.462. The Bertz CT molecular complexity index is 321. The first kappa shape index (κ1) is 25.1. The van der Waals surface area contributed by atoms with Crippen molar-refractivity contribution in [3.05, 3.63) is 0 Å². The second kappa shape index (κ2) is 20.4.